The van der Waals surface area contributed by atoms with E-state index >= 15 is 0 Å². The highest BCUT2D eigenvalue weighted by Gasteiger charge is 2.28. The summed E-state index contributed by atoms with van der Waals surface area (Å²) in [5.74, 6) is 1.61. The molecule has 148 valence electrons. The highest BCUT2D eigenvalue weighted by atomic mass is 16.5. The lowest BCUT2D eigenvalue weighted by atomic mass is 10.1. The maximum atomic E-state index is 6.22. The van der Waals surface area contributed by atoms with Gasteiger partial charge in [0.05, 0.1) is 12.1 Å². The summed E-state index contributed by atoms with van der Waals surface area (Å²) < 4.78 is 15.9. The van der Waals surface area contributed by atoms with Gasteiger partial charge < -0.3 is 14.0 Å². The standard InChI is InChI=1S/C21H22N6O2/c1-13-25-20-18(27(13)15-4-5-15)9-14(10-22-20)17-6-7-26-19(17)21(23-12-24-26)29-16-3-2-8-28-11-16/h6-7,9-10,12,15-16H,2-5,8,11H2,1H3. The minimum absolute atomic E-state index is 0.0183. The first-order chi connectivity index (χ1) is 14.3. The zero-order valence-electron chi connectivity index (χ0n) is 16.3. The molecule has 0 spiro atoms. The SMILES string of the molecule is Cc1nc2ncc(-c3ccn4ncnc(OC5CCCOC5)c34)cc2n1C1CC1. The van der Waals surface area contributed by atoms with Crippen LogP contribution in [0.2, 0.25) is 0 Å². The van der Waals surface area contributed by atoms with Crippen molar-refractivity contribution in [1.29, 1.82) is 0 Å². The van der Waals surface area contributed by atoms with Crippen molar-refractivity contribution in [2.75, 3.05) is 13.2 Å². The Morgan fingerprint density at radius 3 is 2.97 bits per heavy atom. The molecular weight excluding hydrogens is 368 g/mol. The van der Waals surface area contributed by atoms with Gasteiger partial charge >= 0.3 is 0 Å². The molecule has 1 aliphatic carbocycles. The first-order valence-electron chi connectivity index (χ1n) is 10.2. The van der Waals surface area contributed by atoms with Crippen LogP contribution in [0, 0.1) is 6.92 Å². The van der Waals surface area contributed by atoms with Crippen LogP contribution in [0.3, 0.4) is 0 Å². The van der Waals surface area contributed by atoms with Crippen LogP contribution in [0.25, 0.3) is 27.8 Å². The molecule has 4 aromatic heterocycles. The monoisotopic (exact) mass is 390 g/mol. The predicted octanol–water partition coefficient (Wildman–Crippen LogP) is 3.34. The Morgan fingerprint density at radius 2 is 2.14 bits per heavy atom. The van der Waals surface area contributed by atoms with E-state index in [-0.39, 0.29) is 6.10 Å². The normalized spacial score (nSPS) is 19.8. The molecule has 0 radical (unpaired) electrons. The highest BCUT2D eigenvalue weighted by molar-refractivity contribution is 5.88. The zero-order chi connectivity index (χ0) is 19.4. The number of hydrogen-bond acceptors (Lipinski definition) is 6. The van der Waals surface area contributed by atoms with Gasteiger partial charge in [-0.05, 0) is 44.7 Å². The molecule has 2 aliphatic rings. The summed E-state index contributed by atoms with van der Waals surface area (Å²) in [6.45, 7) is 3.45. The third kappa shape index (κ3) is 2.86. The number of aromatic nitrogens is 6. The van der Waals surface area contributed by atoms with E-state index in [1.807, 2.05) is 23.0 Å². The van der Waals surface area contributed by atoms with Crippen LogP contribution in [-0.2, 0) is 4.74 Å². The minimum Gasteiger partial charge on any atom is -0.470 e. The van der Waals surface area contributed by atoms with E-state index < -0.39 is 0 Å². The molecule has 8 nitrogen and oxygen atoms in total. The molecule has 4 aromatic rings. The van der Waals surface area contributed by atoms with Gasteiger partial charge in [0.25, 0.3) is 0 Å². The van der Waals surface area contributed by atoms with Crippen molar-refractivity contribution in [2.24, 2.45) is 0 Å². The second-order valence-electron chi connectivity index (χ2n) is 7.87. The lowest BCUT2D eigenvalue weighted by Gasteiger charge is -2.23. The number of aryl methyl sites for hydroxylation is 1. The Labute approximate surface area is 167 Å². The molecule has 1 aliphatic heterocycles. The average molecular weight is 390 g/mol. The summed E-state index contributed by atoms with van der Waals surface area (Å²) in [5, 5.41) is 4.36. The van der Waals surface area contributed by atoms with Gasteiger partial charge in [-0.15, -0.1) is 0 Å². The van der Waals surface area contributed by atoms with Crippen molar-refractivity contribution >= 4 is 16.7 Å². The Balaban J connectivity index is 1.46. The van der Waals surface area contributed by atoms with Crippen LogP contribution >= 0.6 is 0 Å². The topological polar surface area (TPSA) is 79.4 Å². The smallest absolute Gasteiger partial charge is 0.242 e. The summed E-state index contributed by atoms with van der Waals surface area (Å²) in [6, 6.07) is 4.77. The van der Waals surface area contributed by atoms with Crippen LogP contribution in [-0.4, -0.2) is 48.5 Å². The predicted molar refractivity (Wildman–Crippen MR) is 107 cm³/mol. The van der Waals surface area contributed by atoms with Crippen LogP contribution in [0.15, 0.2) is 30.9 Å². The lowest BCUT2D eigenvalue weighted by molar-refractivity contribution is 0.00597. The molecule has 0 amide bonds. The van der Waals surface area contributed by atoms with Gasteiger partial charge in [-0.25, -0.2) is 14.5 Å². The maximum absolute atomic E-state index is 6.22. The molecule has 0 aromatic carbocycles. The number of ether oxygens (including phenoxy) is 2. The summed E-state index contributed by atoms with van der Waals surface area (Å²) in [7, 11) is 0. The van der Waals surface area contributed by atoms with Crippen molar-refractivity contribution in [3.8, 4) is 17.0 Å². The molecule has 2 fully saturated rings. The number of fused-ring (bicyclic) bond motifs is 2. The molecule has 1 saturated carbocycles. The third-order valence-corrected chi connectivity index (χ3v) is 5.76. The van der Waals surface area contributed by atoms with Gasteiger partial charge in [-0.2, -0.15) is 10.1 Å². The molecular formula is C21H22N6O2. The number of rotatable bonds is 4. The minimum atomic E-state index is 0.0183. The number of imidazole rings is 1. The third-order valence-electron chi connectivity index (χ3n) is 5.76. The molecule has 1 unspecified atom stereocenters. The van der Waals surface area contributed by atoms with Gasteiger partial charge in [0.1, 0.15) is 23.8 Å². The summed E-state index contributed by atoms with van der Waals surface area (Å²) in [6.07, 6.45) is 9.76. The van der Waals surface area contributed by atoms with Crippen molar-refractivity contribution < 1.29 is 9.47 Å². The molecule has 0 bridgehead atoms. The van der Waals surface area contributed by atoms with E-state index in [1.165, 1.54) is 19.2 Å². The highest BCUT2D eigenvalue weighted by Crippen LogP contribution is 2.39. The number of nitrogens with zero attached hydrogens (tertiary/aromatic N) is 6. The maximum Gasteiger partial charge on any atom is 0.242 e. The average Bonchev–Trinajstić information content (AvgIpc) is 3.38. The van der Waals surface area contributed by atoms with Gasteiger partial charge in [-0.1, -0.05) is 0 Å². The molecule has 8 heteroatoms. The van der Waals surface area contributed by atoms with Gasteiger partial charge in [0.2, 0.25) is 5.88 Å². The second kappa shape index (κ2) is 6.52. The van der Waals surface area contributed by atoms with Crippen LogP contribution in [0.4, 0.5) is 0 Å². The van der Waals surface area contributed by atoms with E-state index in [4.69, 9.17) is 9.47 Å². The largest absolute Gasteiger partial charge is 0.470 e. The molecule has 0 N–H and O–H groups in total. The van der Waals surface area contributed by atoms with E-state index in [9.17, 15) is 0 Å². The van der Waals surface area contributed by atoms with Gasteiger partial charge in [0, 0.05) is 36.2 Å². The fourth-order valence-corrected chi connectivity index (χ4v) is 4.24. The van der Waals surface area contributed by atoms with E-state index in [0.29, 0.717) is 18.5 Å². The quantitative estimate of drug-likeness (QED) is 0.532. The fourth-order valence-electron chi connectivity index (χ4n) is 4.24. The number of hydrogen-bond donors (Lipinski definition) is 0. The number of pyridine rings is 1. The van der Waals surface area contributed by atoms with Gasteiger partial charge in [-0.3, -0.25) is 0 Å². The lowest BCUT2D eigenvalue weighted by Crippen LogP contribution is -2.28. The molecule has 6 rings (SSSR count). The van der Waals surface area contributed by atoms with Gasteiger partial charge in [0.15, 0.2) is 5.65 Å². The molecule has 29 heavy (non-hydrogen) atoms. The second-order valence-corrected chi connectivity index (χ2v) is 7.87. The summed E-state index contributed by atoms with van der Waals surface area (Å²) in [4.78, 5) is 13.7. The fraction of sp³-hybridized carbons (Fsp3) is 0.429. The van der Waals surface area contributed by atoms with Crippen LogP contribution in [0.5, 0.6) is 5.88 Å². The van der Waals surface area contributed by atoms with E-state index in [0.717, 1.165) is 53.1 Å². The Kier molecular flexibility index (Phi) is 3.80. The zero-order valence-corrected chi connectivity index (χ0v) is 16.3. The Bertz CT molecular complexity index is 1200. The molecule has 5 heterocycles. The van der Waals surface area contributed by atoms with Crippen molar-refractivity contribution in [3.63, 3.8) is 0 Å². The van der Waals surface area contributed by atoms with E-state index in [1.54, 1.807) is 0 Å². The van der Waals surface area contributed by atoms with Crippen LogP contribution < -0.4 is 4.74 Å². The van der Waals surface area contributed by atoms with Crippen molar-refractivity contribution in [1.82, 2.24) is 29.1 Å². The summed E-state index contributed by atoms with van der Waals surface area (Å²) in [5.41, 5.74) is 4.76. The van der Waals surface area contributed by atoms with Crippen molar-refractivity contribution in [3.05, 3.63) is 36.7 Å². The van der Waals surface area contributed by atoms with E-state index in [2.05, 4.69) is 37.6 Å². The summed E-state index contributed by atoms with van der Waals surface area (Å²) >= 11 is 0. The first-order valence-corrected chi connectivity index (χ1v) is 10.2. The molecule has 1 saturated heterocycles. The Hall–Kier alpha value is -3.00. The van der Waals surface area contributed by atoms with Crippen LogP contribution in [0.1, 0.15) is 37.5 Å². The first kappa shape index (κ1) is 16.9. The Morgan fingerprint density at radius 1 is 1.21 bits per heavy atom. The molecule has 1 atom stereocenters. The van der Waals surface area contributed by atoms with Crippen molar-refractivity contribution in [2.45, 2.75) is 44.8 Å².